The first-order chi connectivity index (χ1) is 34.3. The minimum Gasteiger partial charge on any atom is -0.459 e. The summed E-state index contributed by atoms with van der Waals surface area (Å²) in [5.74, 6) is -0.368. The zero-order chi connectivity index (χ0) is 49.7. The largest absolute Gasteiger partial charge is 0.459 e. The second kappa shape index (κ2) is 20.0. The summed E-state index contributed by atoms with van der Waals surface area (Å²) in [4.78, 5) is 47.4. The van der Waals surface area contributed by atoms with E-state index in [4.69, 9.17) is 15.2 Å². The number of benzene rings is 1. The quantitative estimate of drug-likeness (QED) is 0.0447. The monoisotopic (exact) mass is 971 g/mol. The van der Waals surface area contributed by atoms with Gasteiger partial charge in [-0.3, -0.25) is 9.59 Å². The Hall–Kier alpha value is -4.63. The van der Waals surface area contributed by atoms with Crippen molar-refractivity contribution < 1.29 is 34.1 Å². The second-order valence-electron chi connectivity index (χ2n) is 22.7. The molecule has 5 heterocycles. The summed E-state index contributed by atoms with van der Waals surface area (Å²) >= 11 is 0. The van der Waals surface area contributed by atoms with Crippen LogP contribution in [0.2, 0.25) is 0 Å². The van der Waals surface area contributed by atoms with Gasteiger partial charge in [0, 0.05) is 48.4 Å². The lowest BCUT2D eigenvalue weighted by atomic mass is 9.56. The summed E-state index contributed by atoms with van der Waals surface area (Å²) in [6.07, 6.45) is 26.7. The topological polar surface area (TPSA) is 200 Å². The molecule has 11 atom stereocenters. The number of allylic oxidation sites excluding steroid dienone is 8. The van der Waals surface area contributed by atoms with Crippen molar-refractivity contribution in [3.63, 3.8) is 0 Å². The number of carbonyl (C=O) groups is 3. The van der Waals surface area contributed by atoms with Gasteiger partial charge in [0.2, 0.25) is 5.78 Å². The van der Waals surface area contributed by atoms with Crippen LogP contribution in [0.15, 0.2) is 100 Å². The van der Waals surface area contributed by atoms with Gasteiger partial charge in [-0.1, -0.05) is 80.8 Å². The van der Waals surface area contributed by atoms with Crippen molar-refractivity contribution in [2.24, 2.45) is 34.8 Å². The number of epoxide rings is 1. The van der Waals surface area contributed by atoms with Crippen molar-refractivity contribution in [2.45, 2.75) is 159 Å². The van der Waals surface area contributed by atoms with E-state index in [-0.39, 0.29) is 66.3 Å². The average molecular weight is 971 g/mol. The Morgan fingerprint density at radius 2 is 1.92 bits per heavy atom. The van der Waals surface area contributed by atoms with Crippen LogP contribution in [0, 0.1) is 29.1 Å². The molecule has 13 nitrogen and oxygen atoms in total. The van der Waals surface area contributed by atoms with E-state index in [0.717, 1.165) is 94.1 Å². The molecule has 1 saturated heterocycles. The predicted molar refractivity (Wildman–Crippen MR) is 274 cm³/mol. The lowest BCUT2D eigenvalue weighted by molar-refractivity contribution is -0.167. The van der Waals surface area contributed by atoms with Crippen molar-refractivity contribution in [3.8, 4) is 0 Å². The molecule has 1 saturated carbocycles. The van der Waals surface area contributed by atoms with Crippen LogP contribution in [0.4, 0.5) is 0 Å². The van der Waals surface area contributed by atoms with Gasteiger partial charge in [0.1, 0.15) is 11.9 Å². The number of dihydropyridines is 2. The number of esters is 1. The molecule has 5 aliphatic heterocycles. The normalized spacial score (nSPS) is 36.6. The highest BCUT2D eigenvalue weighted by Gasteiger charge is 2.86. The molecule has 4 bridgehead atoms. The molecule has 13 heteroatoms. The van der Waals surface area contributed by atoms with Gasteiger partial charge >= 0.3 is 5.97 Å². The number of Topliss-reactive ketones (excluding diaryl/α,β-unsaturated/α-hetero) is 2. The van der Waals surface area contributed by atoms with Gasteiger partial charge in [0.25, 0.3) is 5.60 Å². The fourth-order valence-corrected chi connectivity index (χ4v) is 14.5. The molecule has 1 aromatic rings. The second-order valence-corrected chi connectivity index (χ2v) is 22.7. The molecule has 2 fully saturated rings. The van der Waals surface area contributed by atoms with E-state index in [9.17, 15) is 10.2 Å². The molecule has 0 aromatic heterocycles. The van der Waals surface area contributed by atoms with E-state index < -0.39 is 40.4 Å². The summed E-state index contributed by atoms with van der Waals surface area (Å²) in [5.41, 5.74) is 8.87. The van der Waals surface area contributed by atoms with E-state index in [1.54, 1.807) is 6.07 Å². The Labute approximate surface area is 420 Å². The summed E-state index contributed by atoms with van der Waals surface area (Å²) in [6, 6.07) is 5.51. The molecule has 10 rings (SSSR count). The number of hydrogen-bond donors (Lipinski definition) is 8. The standard InChI is InChI=1S/C58H78N6O7/c1-5-63-56-25-21-39(23-27-65)50-46(56)28-45-37(11-8-12-40(45)31-56)10-6-7-24-55(3,29-36-16-19-47(59)62-33-36)30-41-13-9-14-44-49(41)52(68)58(54(69)70-50)57(71-58,51(44)67)32-42(34-66)35(2)15-17-38-22-26-61-53-43(38)18-20-48(60-4)64-53/h8-9,12-14,16,19,22,31,33,37,39,45-48,50,60-66H,5-7,10-11,15,17-18,20-21,23-30,32,34,59H2,1-4H3. The van der Waals surface area contributed by atoms with Crippen LogP contribution < -0.4 is 32.3 Å². The van der Waals surface area contributed by atoms with Crippen LogP contribution in [0.25, 0.3) is 0 Å². The van der Waals surface area contributed by atoms with Gasteiger partial charge in [0.05, 0.1) is 18.9 Å². The number of aliphatic hydroxyl groups is 2. The van der Waals surface area contributed by atoms with Crippen LogP contribution in [-0.4, -0.2) is 96.3 Å². The first kappa shape index (κ1) is 49.9. The molecule has 1 aromatic carbocycles. The molecule has 0 amide bonds. The van der Waals surface area contributed by atoms with Gasteiger partial charge in [-0.05, 0) is 167 Å². The van der Waals surface area contributed by atoms with E-state index >= 15 is 14.4 Å². The molecular formula is C58H78N6O7. The zero-order valence-electron chi connectivity index (χ0n) is 42.5. The lowest BCUT2D eigenvalue weighted by Gasteiger charge is -2.55. The molecule has 9 aliphatic rings. The van der Waals surface area contributed by atoms with Crippen LogP contribution >= 0.6 is 0 Å². The number of ketones is 2. The summed E-state index contributed by atoms with van der Waals surface area (Å²) in [6.45, 7) is 7.37. The van der Waals surface area contributed by atoms with Crippen molar-refractivity contribution in [2.75, 3.05) is 33.4 Å². The van der Waals surface area contributed by atoms with E-state index in [1.165, 1.54) is 16.7 Å². The summed E-state index contributed by atoms with van der Waals surface area (Å²) < 4.78 is 13.7. The summed E-state index contributed by atoms with van der Waals surface area (Å²) in [5, 5.41) is 39.3. The Morgan fingerprint density at radius 1 is 1.06 bits per heavy atom. The number of likely N-dealkylation sites (N-methyl/N-ethyl adjacent to an activating group) is 1. The Bertz CT molecular complexity index is 2520. The van der Waals surface area contributed by atoms with E-state index in [2.05, 4.69) is 70.8 Å². The first-order valence-corrected chi connectivity index (χ1v) is 27.0. The highest BCUT2D eigenvalue weighted by molar-refractivity contribution is 6.33. The maximum atomic E-state index is 16.0. The smallest absolute Gasteiger partial charge is 0.350 e. The van der Waals surface area contributed by atoms with Gasteiger partial charge in [-0.15, -0.1) is 0 Å². The third kappa shape index (κ3) is 8.94. The van der Waals surface area contributed by atoms with Gasteiger partial charge in [0.15, 0.2) is 11.4 Å². The fourth-order valence-electron chi connectivity index (χ4n) is 14.5. The number of nitrogens with one attached hydrogen (secondary N) is 5. The van der Waals surface area contributed by atoms with Crippen LogP contribution in [0.5, 0.6) is 0 Å². The minimum absolute atomic E-state index is 0.0630. The molecular weight excluding hydrogens is 893 g/mol. The Balaban J connectivity index is 1.06. The molecule has 11 unspecified atom stereocenters. The lowest BCUT2D eigenvalue weighted by Crippen LogP contribution is -2.62. The number of carbonyl (C=O) groups excluding carboxylic acids is 3. The van der Waals surface area contributed by atoms with Gasteiger partial charge in [-0.25, -0.2) is 4.79 Å². The van der Waals surface area contributed by atoms with Gasteiger partial charge < -0.3 is 52.0 Å². The highest BCUT2D eigenvalue weighted by atomic mass is 16.7. The maximum absolute atomic E-state index is 16.0. The zero-order valence-corrected chi connectivity index (χ0v) is 42.5. The highest BCUT2D eigenvalue weighted by Crippen LogP contribution is 2.61. The SMILES string of the molecule is CCNC12C=C3C=CCC4CCCCC(C)(CC5=CNC(N)C=C5)Cc5cccc6c5C(=O)C5(OC5(CC(CO)=C(C)CCC5=CCNC7=C5CCC(NC)N7)C6=O)C(=O)OC(C(CCO)CC1)C2CC34. The van der Waals surface area contributed by atoms with Crippen LogP contribution in [0.1, 0.15) is 143 Å². The maximum Gasteiger partial charge on any atom is 0.350 e. The number of aliphatic hydroxyl groups excluding tert-OH is 2. The number of ether oxygens (including phenoxy) is 2. The number of hydrogen-bond acceptors (Lipinski definition) is 13. The predicted octanol–water partition coefficient (Wildman–Crippen LogP) is 6.75. The van der Waals surface area contributed by atoms with E-state index in [0.29, 0.717) is 49.3 Å². The van der Waals surface area contributed by atoms with Crippen LogP contribution in [-0.2, 0) is 20.7 Å². The van der Waals surface area contributed by atoms with Crippen molar-refractivity contribution in [1.29, 1.82) is 0 Å². The Kier molecular flexibility index (Phi) is 14.1. The third-order valence-electron chi connectivity index (χ3n) is 18.4. The molecule has 4 aliphatic carbocycles. The molecule has 71 heavy (non-hydrogen) atoms. The average Bonchev–Trinajstić information content (AvgIpc) is 4.07. The fraction of sp³-hybridized carbons (Fsp3) is 0.603. The number of rotatable bonds is 13. The van der Waals surface area contributed by atoms with Crippen molar-refractivity contribution in [3.05, 3.63) is 117 Å². The molecule has 1 spiro atoms. The minimum atomic E-state index is -2.25. The first-order valence-electron chi connectivity index (χ1n) is 27.0. The van der Waals surface area contributed by atoms with Crippen molar-refractivity contribution in [1.82, 2.24) is 26.6 Å². The van der Waals surface area contributed by atoms with Gasteiger partial charge in [-0.2, -0.15) is 0 Å². The summed E-state index contributed by atoms with van der Waals surface area (Å²) in [7, 11) is 1.96. The molecule has 382 valence electrons. The molecule has 9 N–H and O–H groups in total. The molecule has 0 radical (unpaired) electrons. The van der Waals surface area contributed by atoms with Crippen molar-refractivity contribution >= 4 is 17.5 Å². The Morgan fingerprint density at radius 3 is 2.69 bits per heavy atom. The van der Waals surface area contributed by atoms with E-state index in [1.807, 2.05) is 38.4 Å². The third-order valence-corrected chi connectivity index (χ3v) is 18.4. The van der Waals surface area contributed by atoms with Crippen LogP contribution in [0.3, 0.4) is 0 Å². The number of nitrogens with two attached hydrogens (primary N) is 1.